The summed E-state index contributed by atoms with van der Waals surface area (Å²) in [6.07, 6.45) is 0. The number of nitrogens with zero attached hydrogens (tertiary/aromatic N) is 2. The molecular formula is C17H15FN2O. The minimum atomic E-state index is -0.759. The largest absolute Gasteiger partial charge is 0.714 e. The molecule has 0 atom stereocenters. The van der Waals surface area contributed by atoms with Crippen LogP contribution in [0.3, 0.4) is 0 Å². The van der Waals surface area contributed by atoms with E-state index < -0.39 is 5.54 Å². The van der Waals surface area contributed by atoms with Gasteiger partial charge in [0.1, 0.15) is 5.82 Å². The zero-order chi connectivity index (χ0) is 15.0. The van der Waals surface area contributed by atoms with E-state index in [1.54, 1.807) is 12.1 Å². The molecule has 2 aromatic rings. The Balaban J connectivity index is 2.10. The highest BCUT2D eigenvalue weighted by molar-refractivity contribution is 6.17. The van der Waals surface area contributed by atoms with Crippen molar-refractivity contribution in [2.45, 2.75) is 19.4 Å². The minimum absolute atomic E-state index is 0.318. The van der Waals surface area contributed by atoms with E-state index in [1.165, 1.54) is 12.1 Å². The molecule has 0 unspecified atom stereocenters. The molecular weight excluding hydrogens is 267 g/mol. The fraction of sp³-hybridized carbons (Fsp3) is 0.176. The molecule has 0 saturated heterocycles. The molecule has 21 heavy (non-hydrogen) atoms. The van der Waals surface area contributed by atoms with Crippen LogP contribution < -0.4 is 0 Å². The van der Waals surface area contributed by atoms with Crippen LogP contribution in [0.2, 0.25) is 0 Å². The summed E-state index contributed by atoms with van der Waals surface area (Å²) in [5.41, 5.74) is 1.49. The van der Waals surface area contributed by atoms with E-state index in [2.05, 4.69) is 4.99 Å². The van der Waals surface area contributed by atoms with Gasteiger partial charge in [-0.05, 0) is 43.1 Å². The number of hydroxylamine groups is 1. The SMILES string of the molecule is CC1(C)C(c2ccccc2)=NC(c2ccc(F)cc2)=[N+]1[O-]. The summed E-state index contributed by atoms with van der Waals surface area (Å²) in [7, 11) is 0. The first kappa shape index (κ1) is 13.5. The Morgan fingerprint density at radius 2 is 1.57 bits per heavy atom. The molecule has 3 nitrogen and oxygen atoms in total. The number of hydrogen-bond acceptors (Lipinski definition) is 2. The van der Waals surface area contributed by atoms with Gasteiger partial charge in [0.05, 0.1) is 5.56 Å². The first-order chi connectivity index (χ1) is 10.00. The van der Waals surface area contributed by atoms with Crippen molar-refractivity contribution in [1.82, 2.24) is 0 Å². The Morgan fingerprint density at radius 1 is 0.952 bits per heavy atom. The molecule has 2 aromatic carbocycles. The summed E-state index contributed by atoms with van der Waals surface area (Å²) in [6.45, 7) is 3.67. The summed E-state index contributed by atoms with van der Waals surface area (Å²) in [6, 6.07) is 15.4. The summed E-state index contributed by atoms with van der Waals surface area (Å²) in [5, 5.41) is 12.6. The van der Waals surface area contributed by atoms with Crippen LogP contribution in [0.25, 0.3) is 0 Å². The molecule has 1 aliphatic rings. The van der Waals surface area contributed by atoms with Crippen LogP contribution in [0.1, 0.15) is 25.0 Å². The first-order valence-corrected chi connectivity index (χ1v) is 6.75. The Hall–Kier alpha value is -2.49. The molecule has 1 heterocycles. The van der Waals surface area contributed by atoms with Gasteiger partial charge in [0.15, 0.2) is 5.54 Å². The molecule has 0 spiro atoms. The van der Waals surface area contributed by atoms with Crippen molar-refractivity contribution in [1.29, 1.82) is 0 Å². The molecule has 0 saturated carbocycles. The lowest BCUT2D eigenvalue weighted by Crippen LogP contribution is -2.39. The van der Waals surface area contributed by atoms with Crippen molar-refractivity contribution in [3.8, 4) is 0 Å². The topological polar surface area (TPSA) is 38.4 Å². The second kappa shape index (κ2) is 4.81. The quantitative estimate of drug-likeness (QED) is 0.615. The van der Waals surface area contributed by atoms with Crippen LogP contribution in [0, 0.1) is 11.0 Å². The highest BCUT2D eigenvalue weighted by Crippen LogP contribution is 2.25. The lowest BCUT2D eigenvalue weighted by molar-refractivity contribution is -0.512. The van der Waals surface area contributed by atoms with Crippen LogP contribution >= 0.6 is 0 Å². The number of hydrogen-bond donors (Lipinski definition) is 0. The fourth-order valence-corrected chi connectivity index (χ4v) is 2.44. The number of rotatable bonds is 2. The van der Waals surface area contributed by atoms with Crippen LogP contribution in [-0.4, -0.2) is 21.8 Å². The maximum absolute atomic E-state index is 13.0. The third kappa shape index (κ3) is 2.23. The molecule has 1 aliphatic heterocycles. The predicted octanol–water partition coefficient (Wildman–Crippen LogP) is 3.36. The molecule has 0 N–H and O–H groups in total. The van der Waals surface area contributed by atoms with E-state index >= 15 is 0 Å². The van der Waals surface area contributed by atoms with Gasteiger partial charge in [-0.1, -0.05) is 30.3 Å². The van der Waals surface area contributed by atoms with Crippen molar-refractivity contribution < 1.29 is 9.13 Å². The summed E-state index contributed by atoms with van der Waals surface area (Å²) >= 11 is 0. The average molecular weight is 282 g/mol. The Labute approximate surface area is 122 Å². The monoisotopic (exact) mass is 282 g/mol. The number of benzene rings is 2. The Kier molecular flexibility index (Phi) is 3.09. The van der Waals surface area contributed by atoms with Gasteiger partial charge in [-0.3, -0.25) is 4.74 Å². The van der Waals surface area contributed by atoms with Gasteiger partial charge in [0, 0.05) is 5.56 Å². The summed E-state index contributed by atoms with van der Waals surface area (Å²) in [5.74, 6) is -0.0137. The van der Waals surface area contributed by atoms with Gasteiger partial charge < -0.3 is 5.21 Å². The summed E-state index contributed by atoms with van der Waals surface area (Å²) < 4.78 is 13.9. The van der Waals surface area contributed by atoms with Crippen LogP contribution in [-0.2, 0) is 0 Å². The van der Waals surface area contributed by atoms with Crippen molar-refractivity contribution in [3.63, 3.8) is 0 Å². The van der Waals surface area contributed by atoms with Gasteiger partial charge >= 0.3 is 5.84 Å². The molecule has 0 amide bonds. The Morgan fingerprint density at radius 3 is 2.19 bits per heavy atom. The third-order valence-electron chi connectivity index (χ3n) is 3.65. The van der Waals surface area contributed by atoms with E-state index in [9.17, 15) is 9.60 Å². The molecule has 106 valence electrons. The fourth-order valence-electron chi connectivity index (χ4n) is 2.44. The van der Waals surface area contributed by atoms with Gasteiger partial charge in [0.25, 0.3) is 0 Å². The molecule has 0 aromatic heterocycles. The molecule has 0 aliphatic carbocycles. The molecule has 3 rings (SSSR count). The van der Waals surface area contributed by atoms with Crippen LogP contribution in [0.15, 0.2) is 59.6 Å². The van der Waals surface area contributed by atoms with Gasteiger partial charge in [-0.15, -0.1) is 0 Å². The second-order valence-electron chi connectivity index (χ2n) is 5.51. The normalized spacial score (nSPS) is 17.0. The molecule has 0 bridgehead atoms. The molecule has 0 fully saturated rings. The Bertz CT molecular complexity index is 731. The van der Waals surface area contributed by atoms with E-state index in [1.807, 2.05) is 44.2 Å². The lowest BCUT2D eigenvalue weighted by atomic mass is 9.93. The van der Waals surface area contributed by atoms with E-state index in [4.69, 9.17) is 0 Å². The lowest BCUT2D eigenvalue weighted by Gasteiger charge is -2.23. The first-order valence-electron chi connectivity index (χ1n) is 6.75. The van der Waals surface area contributed by atoms with Crippen molar-refractivity contribution >= 4 is 11.5 Å². The highest BCUT2D eigenvalue weighted by Gasteiger charge is 2.43. The predicted molar refractivity (Wildman–Crippen MR) is 81.2 cm³/mol. The van der Waals surface area contributed by atoms with Crippen LogP contribution in [0.5, 0.6) is 0 Å². The van der Waals surface area contributed by atoms with E-state index in [0.29, 0.717) is 11.4 Å². The van der Waals surface area contributed by atoms with Gasteiger partial charge in [0.2, 0.25) is 5.71 Å². The van der Waals surface area contributed by atoms with Gasteiger partial charge in [-0.25, -0.2) is 4.39 Å². The smallest absolute Gasteiger partial charge is 0.329 e. The number of aliphatic imine (C=N–C) groups is 1. The molecule has 0 radical (unpaired) electrons. The van der Waals surface area contributed by atoms with Crippen molar-refractivity contribution in [3.05, 3.63) is 76.7 Å². The van der Waals surface area contributed by atoms with Crippen LogP contribution in [0.4, 0.5) is 4.39 Å². The van der Waals surface area contributed by atoms with E-state index in [-0.39, 0.29) is 5.82 Å². The highest BCUT2D eigenvalue weighted by atomic mass is 19.1. The van der Waals surface area contributed by atoms with Crippen molar-refractivity contribution in [2.75, 3.05) is 0 Å². The summed E-state index contributed by atoms with van der Waals surface area (Å²) in [4.78, 5) is 4.52. The molecule has 4 heteroatoms. The average Bonchev–Trinajstić information content (AvgIpc) is 2.72. The van der Waals surface area contributed by atoms with E-state index in [0.717, 1.165) is 16.0 Å². The zero-order valence-electron chi connectivity index (χ0n) is 11.9. The number of amidine groups is 1. The maximum atomic E-state index is 13.0. The number of halogens is 1. The second-order valence-corrected chi connectivity index (χ2v) is 5.51. The zero-order valence-corrected chi connectivity index (χ0v) is 11.9. The maximum Gasteiger partial charge on any atom is 0.329 e. The third-order valence-corrected chi connectivity index (χ3v) is 3.65. The minimum Gasteiger partial charge on any atom is -0.714 e. The van der Waals surface area contributed by atoms with Crippen molar-refractivity contribution in [2.24, 2.45) is 4.99 Å². The van der Waals surface area contributed by atoms with Gasteiger partial charge in [-0.2, -0.15) is 0 Å². The standard InChI is InChI=1S/C17H15FN2O/c1-17(2)15(12-6-4-3-5-7-12)19-16(20(17)21)13-8-10-14(18)11-9-13/h3-11H,1-2H3.